The molecule has 0 spiro atoms. The fraction of sp³-hybridized carbons (Fsp3) is 0.667. The number of hydrogen-bond donors (Lipinski definition) is 1. The molecule has 0 radical (unpaired) electrons. The SMILES string of the molecule is CCC(N)C(c1ccncc1)N1CCC(C)CC1. The van der Waals surface area contributed by atoms with E-state index in [2.05, 4.69) is 35.9 Å². The second-order valence-corrected chi connectivity index (χ2v) is 5.52. The summed E-state index contributed by atoms with van der Waals surface area (Å²) in [5, 5.41) is 0. The Labute approximate surface area is 110 Å². The Morgan fingerprint density at radius 3 is 2.50 bits per heavy atom. The average molecular weight is 247 g/mol. The molecule has 3 nitrogen and oxygen atoms in total. The number of aromatic nitrogens is 1. The third-order valence-corrected chi connectivity index (χ3v) is 4.14. The molecule has 0 aliphatic carbocycles. The Hall–Kier alpha value is -0.930. The lowest BCUT2D eigenvalue weighted by molar-refractivity contribution is 0.119. The first-order valence-electron chi connectivity index (χ1n) is 7.12. The highest BCUT2D eigenvalue weighted by molar-refractivity contribution is 5.17. The molecule has 3 heteroatoms. The summed E-state index contributed by atoms with van der Waals surface area (Å²) >= 11 is 0. The van der Waals surface area contributed by atoms with E-state index in [0.717, 1.165) is 12.3 Å². The highest BCUT2D eigenvalue weighted by atomic mass is 15.2. The van der Waals surface area contributed by atoms with Gasteiger partial charge < -0.3 is 5.73 Å². The Kier molecular flexibility index (Phi) is 4.72. The lowest BCUT2D eigenvalue weighted by Crippen LogP contribution is -2.44. The van der Waals surface area contributed by atoms with Crippen LogP contribution in [0.15, 0.2) is 24.5 Å². The first-order valence-corrected chi connectivity index (χ1v) is 7.12. The van der Waals surface area contributed by atoms with Crippen LogP contribution < -0.4 is 5.73 Å². The maximum atomic E-state index is 6.35. The molecule has 100 valence electrons. The van der Waals surface area contributed by atoms with E-state index in [1.807, 2.05) is 12.4 Å². The summed E-state index contributed by atoms with van der Waals surface area (Å²) in [6.45, 7) is 6.85. The molecular weight excluding hydrogens is 222 g/mol. The molecule has 1 aromatic heterocycles. The summed E-state index contributed by atoms with van der Waals surface area (Å²) in [4.78, 5) is 6.67. The Balaban J connectivity index is 2.15. The van der Waals surface area contributed by atoms with E-state index in [1.54, 1.807) is 0 Å². The molecule has 0 amide bonds. The Morgan fingerprint density at radius 1 is 1.33 bits per heavy atom. The standard InChI is InChI=1S/C15H25N3/c1-3-14(16)15(13-4-8-17-9-5-13)18-10-6-12(2)7-11-18/h4-5,8-9,12,14-15H,3,6-7,10-11,16H2,1-2H3. The smallest absolute Gasteiger partial charge is 0.0500 e. The molecular formula is C15H25N3. The van der Waals surface area contributed by atoms with Crippen LogP contribution >= 0.6 is 0 Å². The molecule has 1 aliphatic rings. The number of pyridine rings is 1. The lowest BCUT2D eigenvalue weighted by Gasteiger charge is -2.39. The summed E-state index contributed by atoms with van der Waals surface area (Å²) in [6, 6.07) is 4.78. The minimum Gasteiger partial charge on any atom is -0.326 e. The van der Waals surface area contributed by atoms with Crippen LogP contribution in [0.5, 0.6) is 0 Å². The second-order valence-electron chi connectivity index (χ2n) is 5.52. The van der Waals surface area contributed by atoms with E-state index in [-0.39, 0.29) is 6.04 Å². The molecule has 0 bridgehead atoms. The van der Waals surface area contributed by atoms with Crippen LogP contribution in [-0.2, 0) is 0 Å². The number of piperidine rings is 1. The van der Waals surface area contributed by atoms with Gasteiger partial charge in [0.05, 0.1) is 0 Å². The minimum absolute atomic E-state index is 0.209. The van der Waals surface area contributed by atoms with E-state index >= 15 is 0 Å². The predicted molar refractivity (Wildman–Crippen MR) is 75.2 cm³/mol. The minimum atomic E-state index is 0.209. The van der Waals surface area contributed by atoms with Crippen molar-refractivity contribution in [1.29, 1.82) is 0 Å². The van der Waals surface area contributed by atoms with Gasteiger partial charge in [-0.25, -0.2) is 0 Å². The number of rotatable bonds is 4. The van der Waals surface area contributed by atoms with E-state index in [0.29, 0.717) is 6.04 Å². The third kappa shape index (κ3) is 3.09. The highest BCUT2D eigenvalue weighted by Crippen LogP contribution is 2.29. The van der Waals surface area contributed by atoms with Crippen molar-refractivity contribution in [2.75, 3.05) is 13.1 Å². The first-order chi connectivity index (χ1) is 8.72. The molecule has 2 heterocycles. The van der Waals surface area contributed by atoms with Crippen LogP contribution in [0, 0.1) is 5.92 Å². The molecule has 2 rings (SSSR count). The first kappa shape index (κ1) is 13.5. The fourth-order valence-corrected chi connectivity index (χ4v) is 2.82. The van der Waals surface area contributed by atoms with Gasteiger partial charge in [-0.15, -0.1) is 0 Å². The predicted octanol–water partition coefficient (Wildman–Crippen LogP) is 2.59. The highest BCUT2D eigenvalue weighted by Gasteiger charge is 2.28. The maximum absolute atomic E-state index is 6.35. The molecule has 0 saturated carbocycles. The summed E-state index contributed by atoms with van der Waals surface area (Å²) in [6.07, 6.45) is 7.34. The summed E-state index contributed by atoms with van der Waals surface area (Å²) in [7, 11) is 0. The number of likely N-dealkylation sites (tertiary alicyclic amines) is 1. The quantitative estimate of drug-likeness (QED) is 0.889. The number of nitrogens with two attached hydrogens (primary N) is 1. The topological polar surface area (TPSA) is 42.1 Å². The summed E-state index contributed by atoms with van der Waals surface area (Å²) in [5.41, 5.74) is 7.67. The molecule has 2 N–H and O–H groups in total. The van der Waals surface area contributed by atoms with Crippen molar-refractivity contribution in [2.45, 2.75) is 45.2 Å². The van der Waals surface area contributed by atoms with Gasteiger partial charge in [0.25, 0.3) is 0 Å². The van der Waals surface area contributed by atoms with Crippen molar-refractivity contribution in [3.63, 3.8) is 0 Å². The van der Waals surface area contributed by atoms with Gasteiger partial charge in [0.15, 0.2) is 0 Å². The van der Waals surface area contributed by atoms with Crippen LogP contribution in [0.4, 0.5) is 0 Å². The lowest BCUT2D eigenvalue weighted by atomic mass is 9.92. The van der Waals surface area contributed by atoms with Crippen LogP contribution in [-0.4, -0.2) is 29.0 Å². The van der Waals surface area contributed by atoms with E-state index in [4.69, 9.17) is 5.73 Å². The summed E-state index contributed by atoms with van der Waals surface area (Å²) < 4.78 is 0. The third-order valence-electron chi connectivity index (χ3n) is 4.14. The molecule has 1 aromatic rings. The largest absolute Gasteiger partial charge is 0.326 e. The van der Waals surface area contributed by atoms with Gasteiger partial charge in [-0.1, -0.05) is 13.8 Å². The van der Waals surface area contributed by atoms with Crippen molar-refractivity contribution >= 4 is 0 Å². The molecule has 1 aliphatic heterocycles. The van der Waals surface area contributed by atoms with Crippen LogP contribution in [0.25, 0.3) is 0 Å². The second kappa shape index (κ2) is 6.30. The van der Waals surface area contributed by atoms with Gasteiger partial charge in [0.1, 0.15) is 0 Å². The van der Waals surface area contributed by atoms with E-state index < -0.39 is 0 Å². The van der Waals surface area contributed by atoms with Gasteiger partial charge in [-0.3, -0.25) is 9.88 Å². The monoisotopic (exact) mass is 247 g/mol. The maximum Gasteiger partial charge on any atom is 0.0500 e. The number of nitrogens with zero attached hydrogens (tertiary/aromatic N) is 2. The van der Waals surface area contributed by atoms with Crippen molar-refractivity contribution in [2.24, 2.45) is 11.7 Å². The van der Waals surface area contributed by atoms with Crippen molar-refractivity contribution in [3.8, 4) is 0 Å². The van der Waals surface area contributed by atoms with Crippen molar-refractivity contribution in [1.82, 2.24) is 9.88 Å². The number of hydrogen-bond acceptors (Lipinski definition) is 3. The van der Waals surface area contributed by atoms with Gasteiger partial charge in [0.2, 0.25) is 0 Å². The average Bonchev–Trinajstić information content (AvgIpc) is 2.42. The van der Waals surface area contributed by atoms with E-state index in [9.17, 15) is 0 Å². The normalized spacial score (nSPS) is 21.7. The zero-order chi connectivity index (χ0) is 13.0. The molecule has 18 heavy (non-hydrogen) atoms. The van der Waals surface area contributed by atoms with Crippen LogP contribution in [0.2, 0.25) is 0 Å². The van der Waals surface area contributed by atoms with Crippen molar-refractivity contribution < 1.29 is 0 Å². The van der Waals surface area contributed by atoms with Gasteiger partial charge in [0, 0.05) is 24.5 Å². The van der Waals surface area contributed by atoms with E-state index in [1.165, 1.54) is 31.5 Å². The molecule has 2 unspecified atom stereocenters. The Morgan fingerprint density at radius 2 is 1.94 bits per heavy atom. The fourth-order valence-electron chi connectivity index (χ4n) is 2.82. The van der Waals surface area contributed by atoms with Gasteiger partial charge in [-0.05, 0) is 56.0 Å². The molecule has 2 atom stereocenters. The Bertz CT molecular complexity index is 344. The summed E-state index contributed by atoms with van der Waals surface area (Å²) in [5.74, 6) is 0.859. The van der Waals surface area contributed by atoms with Crippen LogP contribution in [0.1, 0.15) is 44.7 Å². The zero-order valence-corrected chi connectivity index (χ0v) is 11.5. The molecule has 1 saturated heterocycles. The van der Waals surface area contributed by atoms with Gasteiger partial charge in [-0.2, -0.15) is 0 Å². The molecule has 1 fully saturated rings. The zero-order valence-electron chi connectivity index (χ0n) is 11.5. The van der Waals surface area contributed by atoms with Gasteiger partial charge >= 0.3 is 0 Å². The van der Waals surface area contributed by atoms with Crippen LogP contribution in [0.3, 0.4) is 0 Å². The molecule has 0 aromatic carbocycles. The van der Waals surface area contributed by atoms with Crippen molar-refractivity contribution in [3.05, 3.63) is 30.1 Å².